The van der Waals surface area contributed by atoms with Crippen molar-refractivity contribution in [1.82, 2.24) is 0 Å². The van der Waals surface area contributed by atoms with Gasteiger partial charge in [0.05, 0.1) is 18.2 Å². The number of amides is 1. The van der Waals surface area contributed by atoms with Crippen LogP contribution in [0.2, 0.25) is 0 Å². The zero-order chi connectivity index (χ0) is 27.7. The lowest BCUT2D eigenvalue weighted by Crippen LogP contribution is -2.29. The fourth-order valence-corrected chi connectivity index (χ4v) is 4.87. The molecule has 1 saturated heterocycles. The maximum atomic E-state index is 13.6. The van der Waals surface area contributed by atoms with Crippen LogP contribution in [0.1, 0.15) is 56.8 Å². The highest BCUT2D eigenvalue weighted by molar-refractivity contribution is 6.51. The first-order chi connectivity index (χ1) is 18.7. The molecule has 1 atom stereocenters. The van der Waals surface area contributed by atoms with Crippen LogP contribution < -0.4 is 19.1 Å². The predicted octanol–water partition coefficient (Wildman–Crippen LogP) is 6.17. The molecule has 1 N–H and O–H groups in total. The van der Waals surface area contributed by atoms with Crippen LogP contribution in [0.3, 0.4) is 0 Å². The maximum absolute atomic E-state index is 13.6. The Bertz CT molecular complexity index is 1430. The average molecular weight is 528 g/mol. The van der Waals surface area contributed by atoms with Gasteiger partial charge in [0.1, 0.15) is 24.7 Å². The van der Waals surface area contributed by atoms with Gasteiger partial charge in [-0.25, -0.2) is 0 Å². The summed E-state index contributed by atoms with van der Waals surface area (Å²) in [6.07, 6.45) is 0.838. The molecule has 7 heteroatoms. The van der Waals surface area contributed by atoms with Crippen LogP contribution in [-0.4, -0.2) is 36.6 Å². The maximum Gasteiger partial charge on any atom is 0.300 e. The molecule has 0 saturated carbocycles. The van der Waals surface area contributed by atoms with Crippen molar-refractivity contribution in [2.24, 2.45) is 0 Å². The number of aliphatic hydroxyl groups excluding tert-OH is 1. The van der Waals surface area contributed by atoms with Crippen LogP contribution >= 0.6 is 0 Å². The molecule has 0 aliphatic carbocycles. The van der Waals surface area contributed by atoms with E-state index in [1.807, 2.05) is 37.3 Å². The minimum atomic E-state index is -0.839. The number of rotatable bonds is 6. The van der Waals surface area contributed by atoms with Crippen molar-refractivity contribution >= 4 is 23.1 Å². The number of aliphatic hydroxyl groups is 1. The lowest BCUT2D eigenvalue weighted by atomic mass is 9.85. The number of hydrogen-bond acceptors (Lipinski definition) is 6. The van der Waals surface area contributed by atoms with Crippen molar-refractivity contribution in [3.63, 3.8) is 0 Å². The van der Waals surface area contributed by atoms with E-state index < -0.39 is 17.7 Å². The van der Waals surface area contributed by atoms with Crippen LogP contribution in [0.25, 0.3) is 5.76 Å². The first kappa shape index (κ1) is 26.4. The van der Waals surface area contributed by atoms with Gasteiger partial charge in [0.25, 0.3) is 11.7 Å². The van der Waals surface area contributed by atoms with Gasteiger partial charge in [0, 0.05) is 17.3 Å². The molecule has 3 aromatic rings. The van der Waals surface area contributed by atoms with E-state index in [1.165, 1.54) is 4.90 Å². The number of benzene rings is 3. The van der Waals surface area contributed by atoms with Gasteiger partial charge in [0.2, 0.25) is 0 Å². The number of ether oxygens (including phenoxy) is 3. The molecule has 3 aromatic carbocycles. The van der Waals surface area contributed by atoms with Crippen molar-refractivity contribution in [3.8, 4) is 17.2 Å². The van der Waals surface area contributed by atoms with E-state index >= 15 is 0 Å². The van der Waals surface area contributed by atoms with E-state index in [2.05, 4.69) is 20.8 Å². The number of nitrogens with zero attached hydrogens (tertiary/aromatic N) is 1. The third-order valence-electron chi connectivity index (χ3n) is 6.92. The highest BCUT2D eigenvalue weighted by atomic mass is 16.6. The highest BCUT2D eigenvalue weighted by Gasteiger charge is 2.47. The summed E-state index contributed by atoms with van der Waals surface area (Å²) in [5.41, 5.74) is 2.65. The normalized spacial score (nSPS) is 18.4. The molecule has 0 radical (unpaired) electrons. The third-order valence-corrected chi connectivity index (χ3v) is 6.92. The fraction of sp³-hybridized carbons (Fsp3) is 0.312. The van der Waals surface area contributed by atoms with E-state index in [-0.39, 0.29) is 16.7 Å². The Morgan fingerprint density at radius 3 is 2.38 bits per heavy atom. The summed E-state index contributed by atoms with van der Waals surface area (Å²) < 4.78 is 17.1. The first-order valence-electron chi connectivity index (χ1n) is 13.2. The van der Waals surface area contributed by atoms with Gasteiger partial charge in [-0.05, 0) is 53.3 Å². The van der Waals surface area contributed by atoms with Crippen molar-refractivity contribution < 1.29 is 28.9 Å². The summed E-state index contributed by atoms with van der Waals surface area (Å²) >= 11 is 0. The van der Waals surface area contributed by atoms with Crippen molar-refractivity contribution in [2.75, 3.05) is 24.7 Å². The Morgan fingerprint density at radius 1 is 0.974 bits per heavy atom. The number of fused-ring (bicyclic) bond motifs is 1. The molecule has 5 rings (SSSR count). The zero-order valence-electron chi connectivity index (χ0n) is 22.7. The van der Waals surface area contributed by atoms with Crippen LogP contribution in [0.4, 0.5) is 5.69 Å². The lowest BCUT2D eigenvalue weighted by Gasteiger charge is -2.27. The summed E-state index contributed by atoms with van der Waals surface area (Å²) in [7, 11) is 0. The Balaban J connectivity index is 1.65. The SMILES string of the molecule is CCCOc1cccc(N2C(=O)C(=O)/C(=C(\O)c3ccc4c(c3)OCCO4)C2c2ccc(C(C)(C)C)cc2)c1. The van der Waals surface area contributed by atoms with Gasteiger partial charge in [0.15, 0.2) is 11.5 Å². The number of anilines is 1. The second-order valence-corrected chi connectivity index (χ2v) is 10.7. The Labute approximate surface area is 228 Å². The molecule has 39 heavy (non-hydrogen) atoms. The van der Waals surface area contributed by atoms with E-state index in [4.69, 9.17) is 14.2 Å². The van der Waals surface area contributed by atoms with E-state index in [1.54, 1.807) is 36.4 Å². The van der Waals surface area contributed by atoms with E-state index in [0.29, 0.717) is 53.9 Å². The molecule has 1 fully saturated rings. The van der Waals surface area contributed by atoms with Gasteiger partial charge in [-0.1, -0.05) is 58.0 Å². The predicted molar refractivity (Wildman–Crippen MR) is 150 cm³/mol. The number of hydrogen-bond donors (Lipinski definition) is 1. The Morgan fingerprint density at radius 2 is 1.69 bits per heavy atom. The number of carbonyl (C=O) groups excluding carboxylic acids is 2. The second-order valence-electron chi connectivity index (χ2n) is 10.7. The van der Waals surface area contributed by atoms with Crippen LogP contribution in [0.15, 0.2) is 72.3 Å². The van der Waals surface area contributed by atoms with Crippen LogP contribution in [0, 0.1) is 0 Å². The molecular formula is C32H33NO6. The largest absolute Gasteiger partial charge is 0.507 e. The molecular weight excluding hydrogens is 494 g/mol. The number of ketones is 1. The Kier molecular flexibility index (Phi) is 7.08. The van der Waals surface area contributed by atoms with Crippen LogP contribution in [0.5, 0.6) is 17.2 Å². The molecule has 1 amide bonds. The molecule has 2 heterocycles. The standard InChI is InChI=1S/C32H33NO6/c1-5-15-37-24-8-6-7-23(19-24)33-28(20-9-12-22(13-10-20)32(2,3)4)27(30(35)31(33)36)29(34)21-11-14-25-26(18-21)39-17-16-38-25/h6-14,18-19,28,34H,5,15-17H2,1-4H3/b29-27-. The van der Waals surface area contributed by atoms with Gasteiger partial charge in [-0.3, -0.25) is 14.5 Å². The summed E-state index contributed by atoms with van der Waals surface area (Å²) in [5.74, 6) is -0.0947. The summed E-state index contributed by atoms with van der Waals surface area (Å²) in [6, 6.07) is 19.1. The van der Waals surface area contributed by atoms with Crippen molar-refractivity contribution in [1.29, 1.82) is 0 Å². The zero-order valence-corrected chi connectivity index (χ0v) is 22.7. The molecule has 2 aliphatic heterocycles. The third kappa shape index (κ3) is 5.09. The quantitative estimate of drug-likeness (QED) is 0.234. The lowest BCUT2D eigenvalue weighted by molar-refractivity contribution is -0.132. The van der Waals surface area contributed by atoms with Crippen LogP contribution in [-0.2, 0) is 15.0 Å². The smallest absolute Gasteiger partial charge is 0.300 e. The molecule has 1 unspecified atom stereocenters. The van der Waals surface area contributed by atoms with Gasteiger partial charge in [-0.2, -0.15) is 0 Å². The second kappa shape index (κ2) is 10.5. The highest BCUT2D eigenvalue weighted by Crippen LogP contribution is 2.44. The van der Waals surface area contributed by atoms with Crippen molar-refractivity contribution in [3.05, 3.63) is 89.0 Å². The minimum absolute atomic E-state index is 0.0140. The molecule has 7 nitrogen and oxygen atoms in total. The molecule has 202 valence electrons. The summed E-state index contributed by atoms with van der Waals surface area (Å²) in [4.78, 5) is 28.6. The average Bonchev–Trinajstić information content (AvgIpc) is 3.21. The first-order valence-corrected chi connectivity index (χ1v) is 13.2. The molecule has 0 aromatic heterocycles. The van der Waals surface area contributed by atoms with Gasteiger partial charge >= 0.3 is 0 Å². The fourth-order valence-electron chi connectivity index (χ4n) is 4.87. The summed E-state index contributed by atoms with van der Waals surface area (Å²) in [5, 5.41) is 11.5. The summed E-state index contributed by atoms with van der Waals surface area (Å²) in [6.45, 7) is 9.74. The molecule has 2 aliphatic rings. The molecule has 0 bridgehead atoms. The van der Waals surface area contributed by atoms with Gasteiger partial charge in [-0.15, -0.1) is 0 Å². The Hall–Kier alpha value is -4.26. The monoisotopic (exact) mass is 527 g/mol. The topological polar surface area (TPSA) is 85.3 Å². The van der Waals surface area contributed by atoms with Crippen molar-refractivity contribution in [2.45, 2.75) is 45.6 Å². The van der Waals surface area contributed by atoms with Gasteiger partial charge < -0.3 is 19.3 Å². The van der Waals surface area contributed by atoms with E-state index in [9.17, 15) is 14.7 Å². The van der Waals surface area contributed by atoms with E-state index in [0.717, 1.165) is 12.0 Å². The number of carbonyl (C=O) groups is 2. The molecule has 0 spiro atoms. The number of Topliss-reactive ketones (excluding diaryl/α,β-unsaturated/α-hetero) is 1. The minimum Gasteiger partial charge on any atom is -0.507 e.